The van der Waals surface area contributed by atoms with Crippen LogP contribution < -0.4 is 4.74 Å². The fourth-order valence-corrected chi connectivity index (χ4v) is 3.44. The molecule has 23 heavy (non-hydrogen) atoms. The highest BCUT2D eigenvalue weighted by molar-refractivity contribution is 6.00. The smallest absolute Gasteiger partial charge is 0.290 e. The summed E-state index contributed by atoms with van der Waals surface area (Å²) in [6, 6.07) is 5.88. The summed E-state index contributed by atoms with van der Waals surface area (Å²) in [6.07, 6.45) is 3.56. The third-order valence-corrected chi connectivity index (χ3v) is 4.68. The number of rotatable bonds is 5. The largest absolute Gasteiger partial charge is 0.493 e. The topological polar surface area (TPSA) is 62.9 Å². The number of benzene rings is 1. The number of aryl methyl sites for hydroxylation is 1. The Bertz CT molecular complexity index is 706. The number of nitrogens with zero attached hydrogens (tertiary/aromatic N) is 1. The van der Waals surface area contributed by atoms with Gasteiger partial charge in [-0.25, -0.2) is 0 Å². The van der Waals surface area contributed by atoms with E-state index in [1.165, 1.54) is 0 Å². The Kier molecular flexibility index (Phi) is 4.57. The first-order valence-corrected chi connectivity index (χ1v) is 8.15. The second-order valence-corrected chi connectivity index (χ2v) is 6.05. The molecule has 1 aliphatic heterocycles. The van der Waals surface area contributed by atoms with Crippen molar-refractivity contribution in [2.75, 3.05) is 20.3 Å². The average Bonchev–Trinajstić information content (AvgIpc) is 3.17. The van der Waals surface area contributed by atoms with E-state index in [-0.39, 0.29) is 18.6 Å². The zero-order valence-electron chi connectivity index (χ0n) is 13.7. The molecule has 5 heteroatoms. The zero-order chi connectivity index (χ0) is 16.4. The van der Waals surface area contributed by atoms with Crippen LogP contribution in [0.25, 0.3) is 11.0 Å². The van der Waals surface area contributed by atoms with Crippen LogP contribution in [0.15, 0.2) is 22.6 Å². The number of aliphatic hydroxyl groups excluding tert-OH is 1. The van der Waals surface area contributed by atoms with E-state index >= 15 is 0 Å². The maximum atomic E-state index is 12.9. The molecule has 1 fully saturated rings. The van der Waals surface area contributed by atoms with Crippen molar-refractivity contribution in [3.63, 3.8) is 0 Å². The lowest BCUT2D eigenvalue weighted by molar-refractivity contribution is 0.0693. The standard InChI is InChI=1S/C18H23NO4/c1-12-14-8-3-9-15(22-2)17(14)23-16(12)18(21)19-10-4-6-13(19)7-5-11-20/h3,8-9,13,20H,4-7,10-11H2,1-2H3. The zero-order valence-corrected chi connectivity index (χ0v) is 13.7. The molecule has 1 amide bonds. The molecule has 2 aromatic rings. The molecule has 0 saturated carbocycles. The van der Waals surface area contributed by atoms with Gasteiger partial charge in [0.15, 0.2) is 17.1 Å². The molecular formula is C18H23NO4. The molecule has 1 N–H and O–H groups in total. The summed E-state index contributed by atoms with van der Waals surface area (Å²) in [7, 11) is 1.60. The normalized spacial score (nSPS) is 17.9. The van der Waals surface area contributed by atoms with Crippen LogP contribution in [0.1, 0.15) is 41.8 Å². The van der Waals surface area contributed by atoms with Crippen LogP contribution in [0.5, 0.6) is 5.75 Å². The summed E-state index contributed by atoms with van der Waals surface area (Å²) in [4.78, 5) is 14.8. The molecule has 0 bridgehead atoms. The summed E-state index contributed by atoms with van der Waals surface area (Å²) in [5.41, 5.74) is 1.48. The maximum absolute atomic E-state index is 12.9. The molecule has 1 saturated heterocycles. The molecule has 5 nitrogen and oxygen atoms in total. The van der Waals surface area contributed by atoms with Gasteiger partial charge >= 0.3 is 0 Å². The molecule has 0 aliphatic carbocycles. The molecule has 1 unspecified atom stereocenters. The van der Waals surface area contributed by atoms with Crippen LogP contribution in [-0.4, -0.2) is 42.2 Å². The van der Waals surface area contributed by atoms with Crippen molar-refractivity contribution in [3.05, 3.63) is 29.5 Å². The summed E-state index contributed by atoms with van der Waals surface area (Å²) >= 11 is 0. The summed E-state index contributed by atoms with van der Waals surface area (Å²) in [5, 5.41) is 9.95. The summed E-state index contributed by atoms with van der Waals surface area (Å²) in [5.74, 6) is 0.990. The van der Waals surface area contributed by atoms with Gasteiger partial charge in [0.1, 0.15) is 0 Å². The molecule has 1 aliphatic rings. The maximum Gasteiger partial charge on any atom is 0.290 e. The number of aliphatic hydroxyl groups is 1. The Labute approximate surface area is 135 Å². The van der Waals surface area contributed by atoms with Gasteiger partial charge in [0.2, 0.25) is 0 Å². The predicted molar refractivity (Wildman–Crippen MR) is 87.9 cm³/mol. The molecule has 1 aromatic carbocycles. The van der Waals surface area contributed by atoms with Gasteiger partial charge in [-0.3, -0.25) is 4.79 Å². The minimum Gasteiger partial charge on any atom is -0.493 e. The van der Waals surface area contributed by atoms with E-state index < -0.39 is 0 Å². The van der Waals surface area contributed by atoms with Crippen molar-refractivity contribution in [1.29, 1.82) is 0 Å². The number of carbonyl (C=O) groups is 1. The lowest BCUT2D eigenvalue weighted by Gasteiger charge is -2.23. The van der Waals surface area contributed by atoms with Crippen LogP contribution in [0, 0.1) is 6.92 Å². The van der Waals surface area contributed by atoms with E-state index in [1.807, 2.05) is 30.0 Å². The first-order valence-electron chi connectivity index (χ1n) is 8.15. The number of carbonyl (C=O) groups excluding carboxylic acids is 1. The highest BCUT2D eigenvalue weighted by Gasteiger charge is 2.32. The third-order valence-electron chi connectivity index (χ3n) is 4.68. The van der Waals surface area contributed by atoms with E-state index in [1.54, 1.807) is 7.11 Å². The van der Waals surface area contributed by atoms with Gasteiger partial charge in [0.05, 0.1) is 7.11 Å². The van der Waals surface area contributed by atoms with Crippen molar-refractivity contribution < 1.29 is 19.1 Å². The number of ether oxygens (including phenoxy) is 1. The second kappa shape index (κ2) is 6.62. The highest BCUT2D eigenvalue weighted by Crippen LogP contribution is 2.34. The number of likely N-dealkylation sites (tertiary alicyclic amines) is 1. The first kappa shape index (κ1) is 15.9. The lowest BCUT2D eigenvalue weighted by Crippen LogP contribution is -2.35. The molecule has 2 heterocycles. The van der Waals surface area contributed by atoms with E-state index in [9.17, 15) is 4.79 Å². The van der Waals surface area contributed by atoms with Crippen LogP contribution in [0.3, 0.4) is 0 Å². The first-order chi connectivity index (χ1) is 11.2. The number of hydrogen-bond acceptors (Lipinski definition) is 4. The van der Waals surface area contributed by atoms with Gasteiger partial charge in [0, 0.05) is 30.1 Å². The Hall–Kier alpha value is -2.01. The fourth-order valence-electron chi connectivity index (χ4n) is 3.44. The number of furan rings is 1. The number of methoxy groups -OCH3 is 1. The Morgan fingerprint density at radius 2 is 2.30 bits per heavy atom. The van der Waals surface area contributed by atoms with E-state index in [2.05, 4.69) is 0 Å². The molecule has 0 radical (unpaired) electrons. The van der Waals surface area contributed by atoms with Gasteiger partial charge in [0.25, 0.3) is 5.91 Å². The van der Waals surface area contributed by atoms with Crippen molar-refractivity contribution in [2.45, 2.75) is 38.6 Å². The Morgan fingerprint density at radius 3 is 3.04 bits per heavy atom. The van der Waals surface area contributed by atoms with Crippen LogP contribution >= 0.6 is 0 Å². The average molecular weight is 317 g/mol. The van der Waals surface area contributed by atoms with Gasteiger partial charge in [-0.2, -0.15) is 0 Å². The van der Waals surface area contributed by atoms with Gasteiger partial charge < -0.3 is 19.2 Å². The molecular weight excluding hydrogens is 294 g/mol. The second-order valence-electron chi connectivity index (χ2n) is 6.05. The van der Waals surface area contributed by atoms with E-state index in [4.69, 9.17) is 14.3 Å². The van der Waals surface area contributed by atoms with Gasteiger partial charge in [-0.15, -0.1) is 0 Å². The van der Waals surface area contributed by atoms with Crippen molar-refractivity contribution in [1.82, 2.24) is 4.90 Å². The molecule has 3 rings (SSSR count). The monoisotopic (exact) mass is 317 g/mol. The molecule has 124 valence electrons. The van der Waals surface area contributed by atoms with Gasteiger partial charge in [-0.1, -0.05) is 12.1 Å². The third kappa shape index (κ3) is 2.81. The highest BCUT2D eigenvalue weighted by atomic mass is 16.5. The minimum atomic E-state index is -0.0545. The van der Waals surface area contributed by atoms with Crippen LogP contribution in [0.4, 0.5) is 0 Å². The Morgan fingerprint density at radius 1 is 1.48 bits per heavy atom. The summed E-state index contributed by atoms with van der Waals surface area (Å²) in [6.45, 7) is 2.83. The number of hydrogen-bond donors (Lipinski definition) is 1. The molecule has 1 atom stereocenters. The quantitative estimate of drug-likeness (QED) is 0.920. The van der Waals surface area contributed by atoms with Gasteiger partial charge in [-0.05, 0) is 38.7 Å². The number of fused-ring (bicyclic) bond motifs is 1. The Balaban J connectivity index is 1.93. The molecule has 0 spiro atoms. The molecule has 1 aromatic heterocycles. The number of para-hydroxylation sites is 1. The fraction of sp³-hybridized carbons (Fsp3) is 0.500. The van der Waals surface area contributed by atoms with Crippen LogP contribution in [-0.2, 0) is 0 Å². The van der Waals surface area contributed by atoms with E-state index in [0.29, 0.717) is 17.1 Å². The van der Waals surface area contributed by atoms with Crippen molar-refractivity contribution in [2.24, 2.45) is 0 Å². The SMILES string of the molecule is COc1cccc2c(C)c(C(=O)N3CCCC3CCCO)oc12. The van der Waals surface area contributed by atoms with Crippen molar-refractivity contribution >= 4 is 16.9 Å². The predicted octanol–water partition coefficient (Wildman–Crippen LogP) is 3.13. The van der Waals surface area contributed by atoms with Crippen molar-refractivity contribution in [3.8, 4) is 5.75 Å². The minimum absolute atomic E-state index is 0.0545. The number of amides is 1. The summed E-state index contributed by atoms with van der Waals surface area (Å²) < 4.78 is 11.2. The van der Waals surface area contributed by atoms with Crippen LogP contribution in [0.2, 0.25) is 0 Å². The van der Waals surface area contributed by atoms with E-state index in [0.717, 1.165) is 43.2 Å². The lowest BCUT2D eigenvalue weighted by atomic mass is 10.1.